The van der Waals surface area contributed by atoms with Crippen molar-refractivity contribution in [1.29, 1.82) is 0 Å². The lowest BCUT2D eigenvalue weighted by Crippen LogP contribution is -2.47. The predicted octanol–water partition coefficient (Wildman–Crippen LogP) is 1.35. The molecule has 114 valence electrons. The van der Waals surface area contributed by atoms with E-state index in [0.29, 0.717) is 13.0 Å². The second kappa shape index (κ2) is 5.63. The monoisotopic (exact) mass is 298 g/mol. The van der Waals surface area contributed by atoms with Crippen LogP contribution >= 0.6 is 0 Å². The van der Waals surface area contributed by atoms with Gasteiger partial charge in [0.1, 0.15) is 6.04 Å². The normalized spacial score (nSPS) is 16.5. The van der Waals surface area contributed by atoms with Gasteiger partial charge in [0.15, 0.2) is 0 Å². The standard InChI is InChI=1S/C16H18N4O2/c1-11(21)20-14-6-4-3-5-12(14)9-15(20)16(22)19(2)10-13-7-8-17-18-13/h3-8,15H,9-10H2,1-2H3,(H,17,18)/t15-/m0/s1. The second-order valence-corrected chi connectivity index (χ2v) is 5.51. The Morgan fingerprint density at radius 1 is 1.36 bits per heavy atom. The summed E-state index contributed by atoms with van der Waals surface area (Å²) >= 11 is 0. The van der Waals surface area contributed by atoms with Crippen molar-refractivity contribution in [2.45, 2.75) is 25.9 Å². The third-order valence-electron chi connectivity index (χ3n) is 3.94. The molecule has 0 unspecified atom stereocenters. The molecule has 0 saturated heterocycles. The maximum atomic E-state index is 12.8. The van der Waals surface area contributed by atoms with E-state index >= 15 is 0 Å². The number of nitrogens with one attached hydrogen (secondary N) is 1. The molecule has 0 saturated carbocycles. The third-order valence-corrected chi connectivity index (χ3v) is 3.94. The number of H-pyrrole nitrogens is 1. The predicted molar refractivity (Wildman–Crippen MR) is 82.2 cm³/mol. The Kier molecular flexibility index (Phi) is 3.66. The SMILES string of the molecule is CC(=O)N1c2ccccc2C[C@H]1C(=O)N(C)Cc1ccn[nH]1. The number of fused-ring (bicyclic) bond motifs is 1. The highest BCUT2D eigenvalue weighted by molar-refractivity contribution is 6.02. The summed E-state index contributed by atoms with van der Waals surface area (Å²) < 4.78 is 0. The summed E-state index contributed by atoms with van der Waals surface area (Å²) in [4.78, 5) is 28.0. The van der Waals surface area contributed by atoms with Crippen molar-refractivity contribution in [2.75, 3.05) is 11.9 Å². The van der Waals surface area contributed by atoms with Gasteiger partial charge in [-0.3, -0.25) is 19.6 Å². The highest BCUT2D eigenvalue weighted by atomic mass is 16.2. The molecule has 0 bridgehead atoms. The van der Waals surface area contributed by atoms with Crippen molar-refractivity contribution in [3.8, 4) is 0 Å². The van der Waals surface area contributed by atoms with Gasteiger partial charge >= 0.3 is 0 Å². The molecule has 1 aliphatic rings. The Hall–Kier alpha value is -2.63. The van der Waals surface area contributed by atoms with Crippen molar-refractivity contribution < 1.29 is 9.59 Å². The van der Waals surface area contributed by atoms with Gasteiger partial charge in [-0.1, -0.05) is 18.2 Å². The number of anilines is 1. The molecule has 1 aliphatic heterocycles. The first kappa shape index (κ1) is 14.3. The minimum absolute atomic E-state index is 0.0685. The van der Waals surface area contributed by atoms with E-state index in [1.54, 1.807) is 23.0 Å². The average Bonchev–Trinajstić information content (AvgIpc) is 3.12. The van der Waals surface area contributed by atoms with Crippen molar-refractivity contribution in [2.24, 2.45) is 0 Å². The van der Waals surface area contributed by atoms with Crippen molar-refractivity contribution in [3.63, 3.8) is 0 Å². The number of hydrogen-bond donors (Lipinski definition) is 1. The molecule has 0 spiro atoms. The molecule has 1 aromatic carbocycles. The van der Waals surface area contributed by atoms with E-state index in [9.17, 15) is 9.59 Å². The van der Waals surface area contributed by atoms with E-state index in [-0.39, 0.29) is 11.8 Å². The van der Waals surface area contributed by atoms with Gasteiger partial charge in [-0.05, 0) is 17.7 Å². The van der Waals surface area contributed by atoms with Crippen LogP contribution in [-0.4, -0.2) is 40.0 Å². The van der Waals surface area contributed by atoms with Gasteiger partial charge < -0.3 is 4.90 Å². The molecule has 22 heavy (non-hydrogen) atoms. The Labute approximate surface area is 128 Å². The van der Waals surface area contributed by atoms with E-state index in [0.717, 1.165) is 16.9 Å². The molecule has 2 heterocycles. The van der Waals surface area contributed by atoms with Crippen molar-refractivity contribution in [3.05, 3.63) is 47.8 Å². The molecule has 2 amide bonds. The fraction of sp³-hybridized carbons (Fsp3) is 0.312. The van der Waals surface area contributed by atoms with E-state index in [2.05, 4.69) is 10.2 Å². The van der Waals surface area contributed by atoms with Crippen LogP contribution in [0.3, 0.4) is 0 Å². The van der Waals surface area contributed by atoms with Gasteiger partial charge in [-0.25, -0.2) is 0 Å². The summed E-state index contributed by atoms with van der Waals surface area (Å²) in [7, 11) is 1.74. The van der Waals surface area contributed by atoms with E-state index < -0.39 is 6.04 Å². The number of para-hydroxylation sites is 1. The van der Waals surface area contributed by atoms with Crippen LogP contribution in [0.25, 0.3) is 0 Å². The Bertz CT molecular complexity index is 696. The van der Waals surface area contributed by atoms with Crippen molar-refractivity contribution >= 4 is 17.5 Å². The lowest BCUT2D eigenvalue weighted by atomic mass is 10.1. The smallest absolute Gasteiger partial charge is 0.246 e. The summed E-state index contributed by atoms with van der Waals surface area (Å²) in [6.07, 6.45) is 2.21. The minimum Gasteiger partial charge on any atom is -0.338 e. The molecule has 1 atom stereocenters. The quantitative estimate of drug-likeness (QED) is 0.930. The molecular weight excluding hydrogens is 280 g/mol. The molecule has 6 heteroatoms. The number of amides is 2. The molecule has 0 aliphatic carbocycles. The van der Waals surface area contributed by atoms with Crippen LogP contribution in [0, 0.1) is 0 Å². The Morgan fingerprint density at radius 3 is 2.82 bits per heavy atom. The molecule has 0 radical (unpaired) electrons. The number of aromatic nitrogens is 2. The van der Waals surface area contributed by atoms with Gasteiger partial charge in [0.25, 0.3) is 0 Å². The number of aromatic amines is 1. The maximum Gasteiger partial charge on any atom is 0.246 e. The highest BCUT2D eigenvalue weighted by Gasteiger charge is 2.38. The number of hydrogen-bond acceptors (Lipinski definition) is 3. The number of benzene rings is 1. The summed E-state index contributed by atoms with van der Waals surface area (Å²) in [5, 5.41) is 6.72. The molecule has 0 fully saturated rings. The van der Waals surface area contributed by atoms with Crippen LogP contribution in [0.4, 0.5) is 5.69 Å². The number of likely N-dealkylation sites (N-methyl/N-ethyl adjacent to an activating group) is 1. The fourth-order valence-corrected chi connectivity index (χ4v) is 2.93. The third kappa shape index (κ3) is 2.47. The topological polar surface area (TPSA) is 69.3 Å². The Morgan fingerprint density at radius 2 is 2.14 bits per heavy atom. The van der Waals surface area contributed by atoms with Crippen LogP contribution in [0.15, 0.2) is 36.5 Å². The highest BCUT2D eigenvalue weighted by Crippen LogP contribution is 2.32. The number of nitrogens with zero attached hydrogens (tertiary/aromatic N) is 3. The molecule has 3 rings (SSSR count). The zero-order chi connectivity index (χ0) is 15.7. The zero-order valence-electron chi connectivity index (χ0n) is 12.6. The first-order valence-electron chi connectivity index (χ1n) is 7.19. The first-order valence-corrected chi connectivity index (χ1v) is 7.19. The average molecular weight is 298 g/mol. The van der Waals surface area contributed by atoms with E-state index in [1.165, 1.54) is 6.92 Å². The van der Waals surface area contributed by atoms with Gasteiger partial charge in [0.2, 0.25) is 11.8 Å². The maximum absolute atomic E-state index is 12.8. The molecule has 6 nitrogen and oxygen atoms in total. The van der Waals surface area contributed by atoms with E-state index in [4.69, 9.17) is 0 Å². The van der Waals surface area contributed by atoms with Gasteiger partial charge in [0.05, 0.1) is 12.2 Å². The molecular formula is C16H18N4O2. The summed E-state index contributed by atoms with van der Waals surface area (Å²) in [6, 6.07) is 9.03. The fourth-order valence-electron chi connectivity index (χ4n) is 2.93. The number of rotatable bonds is 3. The van der Waals surface area contributed by atoms with Crippen LogP contribution in [0.1, 0.15) is 18.2 Å². The lowest BCUT2D eigenvalue weighted by molar-refractivity contribution is -0.133. The zero-order valence-corrected chi connectivity index (χ0v) is 12.6. The minimum atomic E-state index is -0.470. The summed E-state index contributed by atoms with van der Waals surface area (Å²) in [5.41, 5.74) is 2.73. The summed E-state index contributed by atoms with van der Waals surface area (Å²) in [5.74, 6) is -0.181. The van der Waals surface area contributed by atoms with Crippen LogP contribution < -0.4 is 4.90 Å². The molecule has 2 aromatic rings. The number of carbonyl (C=O) groups is 2. The van der Waals surface area contributed by atoms with Crippen LogP contribution in [0.2, 0.25) is 0 Å². The largest absolute Gasteiger partial charge is 0.338 e. The lowest BCUT2D eigenvalue weighted by Gasteiger charge is -2.27. The van der Waals surface area contributed by atoms with E-state index in [1.807, 2.05) is 30.3 Å². The Balaban J connectivity index is 1.82. The summed E-state index contributed by atoms with van der Waals surface area (Å²) in [6.45, 7) is 1.94. The first-order chi connectivity index (χ1) is 10.6. The van der Waals surface area contributed by atoms with Crippen LogP contribution in [-0.2, 0) is 22.6 Å². The molecule has 1 N–H and O–H groups in total. The number of carbonyl (C=O) groups excluding carboxylic acids is 2. The van der Waals surface area contributed by atoms with Gasteiger partial charge in [-0.15, -0.1) is 0 Å². The second-order valence-electron chi connectivity index (χ2n) is 5.51. The van der Waals surface area contributed by atoms with Gasteiger partial charge in [0, 0.05) is 32.3 Å². The van der Waals surface area contributed by atoms with Gasteiger partial charge in [-0.2, -0.15) is 5.10 Å². The van der Waals surface area contributed by atoms with Crippen molar-refractivity contribution in [1.82, 2.24) is 15.1 Å². The molecule has 1 aromatic heterocycles. The van der Waals surface area contributed by atoms with Crippen LogP contribution in [0.5, 0.6) is 0 Å².